The Balaban J connectivity index is 2.71. The maximum Gasteiger partial charge on any atom is 0.118 e. The van der Waals surface area contributed by atoms with E-state index in [1.807, 2.05) is 37.7 Å². The molecule has 0 aliphatic carbocycles. The van der Waals surface area contributed by atoms with Gasteiger partial charge in [-0.1, -0.05) is 53.7 Å². The highest BCUT2D eigenvalue weighted by Crippen LogP contribution is 2.58. The normalized spacial score (nSPS) is 14.7. The molecule has 0 saturated heterocycles. The number of phenolic OH excluding ortho intramolecular Hbond substituents is 2. The largest absolute Gasteiger partial charge is 0.508 e. The van der Waals surface area contributed by atoms with Crippen LogP contribution in [0.1, 0.15) is 85.4 Å². The maximum atomic E-state index is 10.4. The first kappa shape index (κ1) is 23.7. The predicted molar refractivity (Wildman–Crippen MR) is 127 cm³/mol. The van der Waals surface area contributed by atoms with Gasteiger partial charge in [0.05, 0.1) is 0 Å². The standard InChI is InChI=1S/C26H38O2S/c1-15-11-13-19(27)17(3)21(15)23(25(5,6)7)29-24(26(8,9)10)22-16(2)12-14-20(28)18(22)4/h11-14,23-24,27-28H,1-10H3. The van der Waals surface area contributed by atoms with Crippen molar-refractivity contribution >= 4 is 11.8 Å². The van der Waals surface area contributed by atoms with Crippen LogP contribution in [-0.4, -0.2) is 10.2 Å². The molecule has 0 aromatic heterocycles. The summed E-state index contributed by atoms with van der Waals surface area (Å²) in [5, 5.41) is 21.3. The number of hydrogen-bond donors (Lipinski definition) is 2. The van der Waals surface area contributed by atoms with E-state index in [4.69, 9.17) is 0 Å². The van der Waals surface area contributed by atoms with E-state index in [0.29, 0.717) is 11.5 Å². The van der Waals surface area contributed by atoms with Crippen LogP contribution < -0.4 is 0 Å². The van der Waals surface area contributed by atoms with Crippen LogP contribution in [0.5, 0.6) is 11.5 Å². The molecule has 2 aromatic carbocycles. The van der Waals surface area contributed by atoms with Crippen molar-refractivity contribution in [2.45, 2.75) is 79.7 Å². The third-order valence-corrected chi connectivity index (χ3v) is 8.21. The zero-order valence-electron chi connectivity index (χ0n) is 19.8. The van der Waals surface area contributed by atoms with Crippen LogP contribution in [0.2, 0.25) is 0 Å². The van der Waals surface area contributed by atoms with Gasteiger partial charge in [-0.3, -0.25) is 0 Å². The van der Waals surface area contributed by atoms with Crippen molar-refractivity contribution < 1.29 is 10.2 Å². The minimum Gasteiger partial charge on any atom is -0.508 e. The van der Waals surface area contributed by atoms with Gasteiger partial charge in [0.1, 0.15) is 11.5 Å². The molecule has 0 aliphatic rings. The van der Waals surface area contributed by atoms with Crippen LogP contribution in [0, 0.1) is 38.5 Å². The van der Waals surface area contributed by atoms with Crippen molar-refractivity contribution in [2.24, 2.45) is 10.8 Å². The lowest BCUT2D eigenvalue weighted by molar-refractivity contribution is 0.375. The smallest absolute Gasteiger partial charge is 0.118 e. The van der Waals surface area contributed by atoms with Crippen LogP contribution in [0.15, 0.2) is 24.3 Å². The second-order valence-corrected chi connectivity index (χ2v) is 11.7. The van der Waals surface area contributed by atoms with Gasteiger partial charge < -0.3 is 10.2 Å². The quantitative estimate of drug-likeness (QED) is 0.533. The lowest BCUT2D eigenvalue weighted by Crippen LogP contribution is -2.24. The minimum absolute atomic E-state index is 0.00385. The Hall–Kier alpha value is -1.61. The summed E-state index contributed by atoms with van der Waals surface area (Å²) in [4.78, 5) is 0. The molecule has 2 rings (SSSR count). The summed E-state index contributed by atoms with van der Waals surface area (Å²) in [7, 11) is 0. The highest BCUT2D eigenvalue weighted by molar-refractivity contribution is 7.99. The lowest BCUT2D eigenvalue weighted by Gasteiger charge is -2.41. The molecule has 0 aliphatic heterocycles. The van der Waals surface area contributed by atoms with Gasteiger partial charge in [0.2, 0.25) is 0 Å². The van der Waals surface area contributed by atoms with Gasteiger partial charge in [-0.25, -0.2) is 0 Å². The van der Waals surface area contributed by atoms with Gasteiger partial charge in [0, 0.05) is 10.5 Å². The Kier molecular flexibility index (Phi) is 6.74. The second-order valence-electron chi connectivity index (χ2n) is 10.5. The van der Waals surface area contributed by atoms with Crippen LogP contribution in [-0.2, 0) is 0 Å². The number of aryl methyl sites for hydroxylation is 2. The highest BCUT2D eigenvalue weighted by atomic mass is 32.2. The Morgan fingerprint density at radius 3 is 1.21 bits per heavy atom. The molecule has 0 fully saturated rings. The lowest BCUT2D eigenvalue weighted by atomic mass is 9.83. The topological polar surface area (TPSA) is 40.5 Å². The first-order chi connectivity index (χ1) is 13.2. The first-order valence-corrected chi connectivity index (χ1v) is 11.3. The molecule has 3 heteroatoms. The third kappa shape index (κ3) is 4.94. The van der Waals surface area contributed by atoms with Crippen molar-refractivity contribution in [1.82, 2.24) is 0 Å². The Labute approximate surface area is 181 Å². The number of benzene rings is 2. The Bertz CT molecular complexity index is 812. The van der Waals surface area contributed by atoms with Crippen LogP contribution in [0.3, 0.4) is 0 Å². The van der Waals surface area contributed by atoms with E-state index in [9.17, 15) is 10.2 Å². The molecule has 2 aromatic rings. The van der Waals surface area contributed by atoms with Gasteiger partial charge in [-0.2, -0.15) is 0 Å². The van der Waals surface area contributed by atoms with E-state index < -0.39 is 0 Å². The van der Waals surface area contributed by atoms with Gasteiger partial charge in [0.15, 0.2) is 0 Å². The van der Waals surface area contributed by atoms with Crippen LogP contribution in [0.4, 0.5) is 0 Å². The molecular formula is C26H38O2S. The summed E-state index contributed by atoms with van der Waals surface area (Å²) in [6, 6.07) is 7.63. The molecule has 2 atom stereocenters. The monoisotopic (exact) mass is 414 g/mol. The number of phenols is 2. The molecule has 2 N–H and O–H groups in total. The van der Waals surface area contributed by atoms with E-state index in [0.717, 1.165) is 11.1 Å². The van der Waals surface area contributed by atoms with E-state index in [-0.39, 0.29) is 21.3 Å². The molecule has 0 spiro atoms. The van der Waals surface area contributed by atoms with E-state index in [2.05, 4.69) is 55.4 Å². The molecule has 0 amide bonds. The summed E-state index contributed by atoms with van der Waals surface area (Å²) in [6.45, 7) is 22.0. The van der Waals surface area contributed by atoms with Crippen LogP contribution in [0.25, 0.3) is 0 Å². The van der Waals surface area contributed by atoms with Crippen molar-refractivity contribution in [3.8, 4) is 11.5 Å². The molecule has 29 heavy (non-hydrogen) atoms. The number of aromatic hydroxyl groups is 2. The predicted octanol–water partition coefficient (Wildman–Crippen LogP) is 7.94. The van der Waals surface area contributed by atoms with E-state index >= 15 is 0 Å². The fourth-order valence-corrected chi connectivity index (χ4v) is 6.14. The molecule has 160 valence electrons. The summed E-state index contributed by atoms with van der Waals surface area (Å²) in [6.07, 6.45) is 0. The molecule has 2 nitrogen and oxygen atoms in total. The average molecular weight is 415 g/mol. The summed E-state index contributed by atoms with van der Waals surface area (Å²) < 4.78 is 0. The highest BCUT2D eigenvalue weighted by Gasteiger charge is 2.38. The van der Waals surface area contributed by atoms with E-state index in [1.165, 1.54) is 22.3 Å². The van der Waals surface area contributed by atoms with Crippen LogP contribution >= 0.6 is 11.8 Å². The zero-order valence-corrected chi connectivity index (χ0v) is 20.6. The third-order valence-electron chi connectivity index (χ3n) is 5.78. The maximum absolute atomic E-state index is 10.4. The summed E-state index contributed by atoms with van der Waals surface area (Å²) in [5.41, 5.74) is 6.81. The Morgan fingerprint density at radius 2 is 0.931 bits per heavy atom. The Morgan fingerprint density at radius 1 is 0.621 bits per heavy atom. The molecule has 2 unspecified atom stereocenters. The minimum atomic E-state index is -0.00385. The van der Waals surface area contributed by atoms with Gasteiger partial charge >= 0.3 is 0 Å². The first-order valence-electron chi connectivity index (χ1n) is 10.4. The van der Waals surface area contributed by atoms with Gasteiger partial charge in [-0.15, -0.1) is 11.8 Å². The van der Waals surface area contributed by atoms with Crippen molar-refractivity contribution in [3.05, 3.63) is 57.6 Å². The average Bonchev–Trinajstić information content (AvgIpc) is 2.57. The van der Waals surface area contributed by atoms with Crippen molar-refractivity contribution in [2.75, 3.05) is 0 Å². The zero-order chi connectivity index (χ0) is 22.3. The molecular weight excluding hydrogens is 376 g/mol. The van der Waals surface area contributed by atoms with E-state index in [1.54, 1.807) is 12.1 Å². The van der Waals surface area contributed by atoms with Gasteiger partial charge in [-0.05, 0) is 84.0 Å². The SMILES string of the molecule is Cc1ccc(O)c(C)c1C(SC(c1c(C)ccc(O)c1C)C(C)(C)C)C(C)(C)C. The van der Waals surface area contributed by atoms with Crippen molar-refractivity contribution in [3.63, 3.8) is 0 Å². The summed E-state index contributed by atoms with van der Waals surface area (Å²) in [5.74, 6) is 0.718. The summed E-state index contributed by atoms with van der Waals surface area (Å²) >= 11 is 1.96. The molecule has 0 heterocycles. The number of thioether (sulfide) groups is 1. The molecule has 0 radical (unpaired) electrons. The fourth-order valence-electron chi connectivity index (χ4n) is 4.06. The molecule has 0 saturated carbocycles. The fraction of sp³-hybridized carbons (Fsp3) is 0.538. The number of hydrogen-bond acceptors (Lipinski definition) is 3. The van der Waals surface area contributed by atoms with Gasteiger partial charge in [0.25, 0.3) is 0 Å². The number of rotatable bonds is 4. The molecule has 0 bridgehead atoms. The van der Waals surface area contributed by atoms with Crippen molar-refractivity contribution in [1.29, 1.82) is 0 Å². The second kappa shape index (κ2) is 8.26.